The number of nitrogens with zero attached hydrogens (tertiary/aromatic N) is 5. The molecule has 1 aliphatic heterocycles. The van der Waals surface area contributed by atoms with Crippen molar-refractivity contribution in [3.8, 4) is 11.3 Å². The molecule has 5 rings (SSSR count). The molecule has 4 aromatic rings. The van der Waals surface area contributed by atoms with Crippen LogP contribution in [0.5, 0.6) is 0 Å². The maximum absolute atomic E-state index is 13.5. The van der Waals surface area contributed by atoms with Gasteiger partial charge in [-0.25, -0.2) is 24.1 Å². The fourth-order valence-electron chi connectivity index (χ4n) is 4.55. The molecular weight excluding hydrogens is 497 g/mol. The van der Waals surface area contributed by atoms with Gasteiger partial charge < -0.3 is 25.2 Å². The van der Waals surface area contributed by atoms with Crippen molar-refractivity contribution in [2.45, 2.75) is 13.5 Å². The van der Waals surface area contributed by atoms with Gasteiger partial charge in [0.05, 0.1) is 24.4 Å². The van der Waals surface area contributed by atoms with Crippen LogP contribution in [0.4, 0.5) is 20.7 Å². The summed E-state index contributed by atoms with van der Waals surface area (Å²) in [4.78, 5) is 31.4. The lowest BCUT2D eigenvalue weighted by molar-refractivity contribution is 0.199. The number of carbonyl (C=O) groups excluding carboxylic acids is 1. The Morgan fingerprint density at radius 1 is 1.00 bits per heavy atom. The van der Waals surface area contributed by atoms with Crippen molar-refractivity contribution in [2.24, 2.45) is 0 Å². The molecule has 0 saturated carbocycles. The van der Waals surface area contributed by atoms with Crippen molar-refractivity contribution < 1.29 is 13.9 Å². The van der Waals surface area contributed by atoms with Crippen molar-refractivity contribution in [3.05, 3.63) is 77.9 Å². The van der Waals surface area contributed by atoms with Gasteiger partial charge in [-0.15, -0.1) is 0 Å². The third-order valence-corrected chi connectivity index (χ3v) is 6.61. The molecule has 10 heteroatoms. The molecule has 0 unspecified atom stereocenters. The normalized spacial score (nSPS) is 13.6. The average Bonchev–Trinajstić information content (AvgIpc) is 2.95. The third-order valence-electron chi connectivity index (χ3n) is 6.61. The Morgan fingerprint density at radius 3 is 2.54 bits per heavy atom. The third kappa shape index (κ3) is 6.47. The lowest BCUT2D eigenvalue weighted by atomic mass is 10.1. The summed E-state index contributed by atoms with van der Waals surface area (Å²) < 4.78 is 18.6. The lowest BCUT2D eigenvalue weighted by Gasteiger charge is -2.35. The molecule has 0 bridgehead atoms. The zero-order valence-electron chi connectivity index (χ0n) is 22.2. The Morgan fingerprint density at radius 2 is 1.79 bits per heavy atom. The number of carbonyl (C=O) groups is 1. The fraction of sp³-hybridized carbons (Fsp3) is 0.310. The van der Waals surface area contributed by atoms with Gasteiger partial charge in [-0.1, -0.05) is 12.1 Å². The van der Waals surface area contributed by atoms with Crippen LogP contribution in [0, 0.1) is 12.7 Å². The highest BCUT2D eigenvalue weighted by Crippen LogP contribution is 2.27. The molecular formula is C29H32FN7O2. The van der Waals surface area contributed by atoms with E-state index in [0.717, 1.165) is 33.8 Å². The highest BCUT2D eigenvalue weighted by Gasteiger charge is 2.25. The second-order valence-electron chi connectivity index (χ2n) is 9.48. The van der Waals surface area contributed by atoms with E-state index in [2.05, 4.69) is 15.5 Å². The van der Waals surface area contributed by atoms with Gasteiger partial charge >= 0.3 is 6.03 Å². The second kappa shape index (κ2) is 12.1. The van der Waals surface area contributed by atoms with Crippen LogP contribution in [0.3, 0.4) is 0 Å². The van der Waals surface area contributed by atoms with Gasteiger partial charge in [-0.2, -0.15) is 0 Å². The fourth-order valence-corrected chi connectivity index (χ4v) is 4.55. The van der Waals surface area contributed by atoms with Crippen LogP contribution in [0.2, 0.25) is 0 Å². The highest BCUT2D eigenvalue weighted by molar-refractivity contribution is 5.90. The molecule has 0 spiro atoms. The average molecular weight is 530 g/mol. The minimum absolute atomic E-state index is 0.118. The van der Waals surface area contributed by atoms with Crippen molar-refractivity contribution in [1.29, 1.82) is 0 Å². The summed E-state index contributed by atoms with van der Waals surface area (Å²) in [7, 11) is 1.66. The summed E-state index contributed by atoms with van der Waals surface area (Å²) in [6, 6.07) is 17.7. The van der Waals surface area contributed by atoms with E-state index in [1.807, 2.05) is 48.2 Å². The molecule has 0 atom stereocenters. The Labute approximate surface area is 227 Å². The number of hydrogen-bond donors (Lipinski definition) is 2. The van der Waals surface area contributed by atoms with Gasteiger partial charge in [0.15, 0.2) is 5.82 Å². The summed E-state index contributed by atoms with van der Waals surface area (Å²) in [5.74, 6) is 1.09. The van der Waals surface area contributed by atoms with E-state index in [4.69, 9.17) is 19.7 Å². The van der Waals surface area contributed by atoms with Gasteiger partial charge in [0, 0.05) is 51.1 Å². The Hall–Kier alpha value is -4.15. The van der Waals surface area contributed by atoms with Crippen LogP contribution < -0.4 is 15.5 Å². The van der Waals surface area contributed by atoms with E-state index in [1.165, 1.54) is 12.1 Å². The minimum atomic E-state index is -0.293. The molecule has 2 aromatic carbocycles. The molecule has 1 saturated heterocycles. The van der Waals surface area contributed by atoms with Gasteiger partial charge in [-0.05, 0) is 61.0 Å². The van der Waals surface area contributed by atoms with Crippen molar-refractivity contribution in [2.75, 3.05) is 56.7 Å². The van der Waals surface area contributed by atoms with Crippen molar-refractivity contribution in [3.63, 3.8) is 0 Å². The lowest BCUT2D eigenvalue weighted by Crippen LogP contribution is -2.50. The smallest absolute Gasteiger partial charge is 0.321 e. The van der Waals surface area contributed by atoms with Gasteiger partial charge in [0.2, 0.25) is 0 Å². The summed E-state index contributed by atoms with van der Waals surface area (Å²) in [5.41, 5.74) is 4.81. The zero-order valence-corrected chi connectivity index (χ0v) is 22.2. The largest absolute Gasteiger partial charge is 0.383 e. The zero-order chi connectivity index (χ0) is 27.2. The van der Waals surface area contributed by atoms with E-state index < -0.39 is 0 Å². The Bertz CT molecular complexity index is 1440. The number of piperazine rings is 1. The van der Waals surface area contributed by atoms with Crippen molar-refractivity contribution in [1.82, 2.24) is 25.2 Å². The molecule has 1 fully saturated rings. The van der Waals surface area contributed by atoms with E-state index in [9.17, 15) is 9.18 Å². The number of pyridine rings is 1. The SMILES string of the molecule is COCCNCc1nc(N2CCN(C(=O)Nc3cccc(C)c3)CC2)c2nc(-c3ccc(F)cc3)ccc2n1. The predicted octanol–water partition coefficient (Wildman–Crippen LogP) is 4.23. The number of hydrogen-bond acceptors (Lipinski definition) is 7. The van der Waals surface area contributed by atoms with Crippen LogP contribution >= 0.6 is 0 Å². The standard InChI is InChI=1S/C29H32FN7O2/c1-20-4-3-5-23(18-20)32-29(38)37-15-13-36(14-16-37)28-27-25(33-26(35-28)19-31-12-17-39-2)11-10-24(34-27)21-6-8-22(30)9-7-21/h3-11,18,31H,12-17,19H2,1-2H3,(H,32,38). The number of methoxy groups -OCH3 is 1. The number of aromatic nitrogens is 3. The van der Waals surface area contributed by atoms with Gasteiger partial charge in [-0.3, -0.25) is 0 Å². The van der Waals surface area contributed by atoms with E-state index >= 15 is 0 Å². The number of anilines is 2. The first kappa shape index (κ1) is 26.5. The first-order chi connectivity index (χ1) is 19.0. The quantitative estimate of drug-likeness (QED) is 0.330. The maximum Gasteiger partial charge on any atom is 0.321 e. The van der Waals surface area contributed by atoms with E-state index in [0.29, 0.717) is 57.2 Å². The van der Waals surface area contributed by atoms with Crippen LogP contribution in [0.1, 0.15) is 11.4 Å². The number of fused-ring (bicyclic) bond motifs is 1. The number of halogens is 1. The molecule has 2 N–H and O–H groups in total. The number of aryl methyl sites for hydroxylation is 1. The van der Waals surface area contributed by atoms with Gasteiger partial charge in [0.25, 0.3) is 0 Å². The first-order valence-electron chi connectivity index (χ1n) is 13.0. The van der Waals surface area contributed by atoms with E-state index in [-0.39, 0.29) is 11.8 Å². The highest BCUT2D eigenvalue weighted by atomic mass is 19.1. The summed E-state index contributed by atoms with van der Waals surface area (Å²) in [5, 5.41) is 6.30. The molecule has 9 nitrogen and oxygen atoms in total. The maximum atomic E-state index is 13.5. The number of nitrogens with one attached hydrogen (secondary N) is 2. The topological polar surface area (TPSA) is 95.5 Å². The Balaban J connectivity index is 1.38. The van der Waals surface area contributed by atoms with Crippen molar-refractivity contribution >= 4 is 28.6 Å². The van der Waals surface area contributed by atoms with Crippen LogP contribution in [0.25, 0.3) is 22.3 Å². The van der Waals surface area contributed by atoms with E-state index in [1.54, 1.807) is 19.2 Å². The van der Waals surface area contributed by atoms with Crippen LogP contribution in [0.15, 0.2) is 60.7 Å². The second-order valence-corrected chi connectivity index (χ2v) is 9.48. The molecule has 1 aliphatic rings. The molecule has 202 valence electrons. The number of ether oxygens (including phenoxy) is 1. The first-order valence-corrected chi connectivity index (χ1v) is 13.0. The van der Waals surface area contributed by atoms with Gasteiger partial charge in [0.1, 0.15) is 17.2 Å². The molecule has 0 aliphatic carbocycles. The molecule has 3 heterocycles. The summed E-state index contributed by atoms with van der Waals surface area (Å²) in [6.45, 7) is 6.06. The number of urea groups is 1. The monoisotopic (exact) mass is 529 g/mol. The number of amides is 2. The molecule has 2 amide bonds. The number of benzene rings is 2. The van der Waals surface area contributed by atoms with Crippen LogP contribution in [-0.2, 0) is 11.3 Å². The number of rotatable bonds is 8. The predicted molar refractivity (Wildman–Crippen MR) is 150 cm³/mol. The molecule has 2 aromatic heterocycles. The Kier molecular flexibility index (Phi) is 8.24. The van der Waals surface area contributed by atoms with Crippen LogP contribution in [-0.4, -0.2) is 72.3 Å². The summed E-state index contributed by atoms with van der Waals surface area (Å²) >= 11 is 0. The molecule has 0 radical (unpaired) electrons. The molecule has 39 heavy (non-hydrogen) atoms. The summed E-state index contributed by atoms with van der Waals surface area (Å²) in [6.07, 6.45) is 0. The minimum Gasteiger partial charge on any atom is -0.383 e.